The second-order valence-electron chi connectivity index (χ2n) is 5.78. The quantitative estimate of drug-likeness (QED) is 0.911. The van der Waals surface area contributed by atoms with E-state index >= 15 is 0 Å². The third-order valence-corrected chi connectivity index (χ3v) is 4.21. The number of hydrogen-bond donors (Lipinski definition) is 1. The van der Waals surface area contributed by atoms with Crippen molar-refractivity contribution < 1.29 is 9.18 Å². The number of hydrogen-bond acceptors (Lipinski definition) is 4. The van der Waals surface area contributed by atoms with Gasteiger partial charge in [-0.25, -0.2) is 9.97 Å². The molecule has 0 radical (unpaired) electrons. The van der Waals surface area contributed by atoms with Crippen molar-refractivity contribution in [2.75, 3.05) is 24.7 Å². The second kappa shape index (κ2) is 6.37. The summed E-state index contributed by atoms with van der Waals surface area (Å²) in [5.74, 6) is 0.631. The molecule has 2 heterocycles. The van der Waals surface area contributed by atoms with Gasteiger partial charge in [-0.2, -0.15) is 0 Å². The molecular weight excluding hydrogens is 271 g/mol. The van der Waals surface area contributed by atoms with Crippen molar-refractivity contribution in [2.45, 2.75) is 44.6 Å². The largest absolute Gasteiger partial charge is 0.353 e. The van der Waals surface area contributed by atoms with Crippen LogP contribution in [0.2, 0.25) is 0 Å². The average molecular weight is 292 g/mol. The van der Waals surface area contributed by atoms with Gasteiger partial charge in [0.15, 0.2) is 0 Å². The molecule has 114 valence electrons. The summed E-state index contributed by atoms with van der Waals surface area (Å²) in [5.41, 5.74) is 2.21. The zero-order chi connectivity index (χ0) is 14.7. The number of anilines is 1. The lowest BCUT2D eigenvalue weighted by Gasteiger charge is -2.25. The lowest BCUT2D eigenvalue weighted by Crippen LogP contribution is -2.39. The van der Waals surface area contributed by atoms with Crippen LogP contribution in [0.3, 0.4) is 0 Å². The van der Waals surface area contributed by atoms with Crippen LogP contribution in [0.1, 0.15) is 36.9 Å². The summed E-state index contributed by atoms with van der Waals surface area (Å²) >= 11 is 0. The topological polar surface area (TPSA) is 58.1 Å². The summed E-state index contributed by atoms with van der Waals surface area (Å²) < 4.78 is 12.1. The molecule has 0 bridgehead atoms. The van der Waals surface area contributed by atoms with E-state index < -0.39 is 6.67 Å². The number of fused-ring (bicyclic) bond motifs is 1. The maximum Gasteiger partial charge on any atom is 0.225 e. The molecule has 2 aliphatic rings. The van der Waals surface area contributed by atoms with E-state index in [9.17, 15) is 9.18 Å². The van der Waals surface area contributed by atoms with Gasteiger partial charge in [-0.3, -0.25) is 9.18 Å². The van der Waals surface area contributed by atoms with Gasteiger partial charge in [0.2, 0.25) is 11.9 Å². The molecule has 1 N–H and O–H groups in total. The highest BCUT2D eigenvalue weighted by Gasteiger charge is 2.23. The molecular formula is C15H21FN4O. The highest BCUT2D eigenvalue weighted by molar-refractivity contribution is 5.76. The van der Waals surface area contributed by atoms with Crippen LogP contribution in [0.4, 0.5) is 10.3 Å². The Labute approximate surface area is 124 Å². The lowest BCUT2D eigenvalue weighted by molar-refractivity contribution is -0.122. The SMILES string of the molecule is O=C(CCF)NC1CCc2nc(N3CCCC3)ncc2C1. The van der Waals surface area contributed by atoms with Crippen molar-refractivity contribution in [3.05, 3.63) is 17.5 Å². The molecule has 0 aromatic carbocycles. The molecule has 1 aliphatic carbocycles. The van der Waals surface area contributed by atoms with Gasteiger partial charge in [0, 0.05) is 31.0 Å². The van der Waals surface area contributed by atoms with Crippen molar-refractivity contribution in [2.24, 2.45) is 0 Å². The third-order valence-electron chi connectivity index (χ3n) is 4.21. The molecule has 0 spiro atoms. The monoisotopic (exact) mass is 292 g/mol. The van der Waals surface area contributed by atoms with Gasteiger partial charge in [0.25, 0.3) is 0 Å². The fourth-order valence-corrected chi connectivity index (χ4v) is 3.08. The Morgan fingerprint density at radius 1 is 1.43 bits per heavy atom. The fraction of sp³-hybridized carbons (Fsp3) is 0.667. The van der Waals surface area contributed by atoms with Gasteiger partial charge in [-0.15, -0.1) is 0 Å². The van der Waals surface area contributed by atoms with Gasteiger partial charge in [0.1, 0.15) is 0 Å². The van der Waals surface area contributed by atoms with Gasteiger partial charge in [-0.05, 0) is 37.7 Å². The Kier molecular flexibility index (Phi) is 4.31. The number of amides is 1. The molecule has 1 saturated heterocycles. The van der Waals surface area contributed by atoms with Gasteiger partial charge >= 0.3 is 0 Å². The summed E-state index contributed by atoms with van der Waals surface area (Å²) in [6, 6.07) is 0.0813. The second-order valence-corrected chi connectivity index (χ2v) is 5.78. The van der Waals surface area contributed by atoms with Crippen LogP contribution in [-0.4, -0.2) is 41.7 Å². The molecule has 6 heteroatoms. The summed E-state index contributed by atoms with van der Waals surface area (Å²) in [5, 5.41) is 2.89. The smallest absolute Gasteiger partial charge is 0.225 e. The minimum absolute atomic E-state index is 0.0479. The average Bonchev–Trinajstić information content (AvgIpc) is 3.01. The van der Waals surface area contributed by atoms with E-state index in [0.717, 1.165) is 49.6 Å². The number of aryl methyl sites for hydroxylation is 1. The van der Waals surface area contributed by atoms with Crippen molar-refractivity contribution in [3.8, 4) is 0 Å². The summed E-state index contributed by atoms with van der Waals surface area (Å²) in [7, 11) is 0. The zero-order valence-electron chi connectivity index (χ0n) is 12.1. The molecule has 1 aliphatic heterocycles. The molecule has 1 unspecified atom stereocenters. The Morgan fingerprint density at radius 2 is 2.24 bits per heavy atom. The molecule has 21 heavy (non-hydrogen) atoms. The van der Waals surface area contributed by atoms with E-state index in [1.807, 2.05) is 6.20 Å². The third kappa shape index (κ3) is 3.31. The van der Waals surface area contributed by atoms with E-state index in [4.69, 9.17) is 0 Å². The van der Waals surface area contributed by atoms with Gasteiger partial charge in [-0.1, -0.05) is 0 Å². The molecule has 1 amide bonds. The van der Waals surface area contributed by atoms with Gasteiger partial charge in [0.05, 0.1) is 13.1 Å². The normalized spacial score (nSPS) is 21.2. The first kappa shape index (κ1) is 14.2. The van der Waals surface area contributed by atoms with Crippen molar-refractivity contribution >= 4 is 11.9 Å². The first-order chi connectivity index (χ1) is 10.3. The molecule has 1 fully saturated rings. The Balaban J connectivity index is 1.65. The summed E-state index contributed by atoms with van der Waals surface area (Å²) in [6.07, 6.45) is 6.72. The maximum absolute atomic E-state index is 12.1. The van der Waals surface area contributed by atoms with Crippen LogP contribution >= 0.6 is 0 Å². The molecule has 3 rings (SSSR count). The predicted molar refractivity (Wildman–Crippen MR) is 78.0 cm³/mol. The standard InChI is InChI=1S/C15H21FN4O/c16-6-5-14(21)18-12-3-4-13-11(9-12)10-17-15(19-13)20-7-1-2-8-20/h10,12H,1-9H2,(H,18,21). The van der Waals surface area contributed by atoms with E-state index in [-0.39, 0.29) is 18.4 Å². The van der Waals surface area contributed by atoms with Crippen LogP contribution in [-0.2, 0) is 17.6 Å². The van der Waals surface area contributed by atoms with E-state index in [1.165, 1.54) is 12.8 Å². The Hall–Kier alpha value is -1.72. The number of halogens is 1. The van der Waals surface area contributed by atoms with Crippen LogP contribution in [0.25, 0.3) is 0 Å². The van der Waals surface area contributed by atoms with E-state index in [2.05, 4.69) is 20.2 Å². The molecule has 5 nitrogen and oxygen atoms in total. The van der Waals surface area contributed by atoms with Crippen LogP contribution in [0, 0.1) is 0 Å². The number of carbonyl (C=O) groups excluding carboxylic acids is 1. The van der Waals surface area contributed by atoms with Crippen LogP contribution in [0.15, 0.2) is 6.20 Å². The predicted octanol–water partition coefficient (Wildman–Crippen LogP) is 1.41. The number of nitrogens with zero attached hydrogens (tertiary/aromatic N) is 3. The maximum atomic E-state index is 12.1. The minimum Gasteiger partial charge on any atom is -0.353 e. The van der Waals surface area contributed by atoms with Crippen LogP contribution < -0.4 is 10.2 Å². The van der Waals surface area contributed by atoms with E-state index in [0.29, 0.717) is 0 Å². The lowest BCUT2D eigenvalue weighted by atomic mass is 9.93. The number of carbonyl (C=O) groups is 1. The van der Waals surface area contributed by atoms with Gasteiger partial charge < -0.3 is 10.2 Å². The number of alkyl halides is 1. The number of aromatic nitrogens is 2. The number of rotatable bonds is 4. The highest BCUT2D eigenvalue weighted by Crippen LogP contribution is 2.23. The number of nitrogens with one attached hydrogen (secondary N) is 1. The first-order valence-electron chi connectivity index (χ1n) is 7.71. The van der Waals surface area contributed by atoms with Crippen molar-refractivity contribution in [1.29, 1.82) is 0 Å². The molecule has 1 atom stereocenters. The molecule has 0 saturated carbocycles. The van der Waals surface area contributed by atoms with E-state index in [1.54, 1.807) is 0 Å². The zero-order valence-corrected chi connectivity index (χ0v) is 12.1. The first-order valence-corrected chi connectivity index (χ1v) is 7.71. The van der Waals surface area contributed by atoms with Crippen LogP contribution in [0.5, 0.6) is 0 Å². The Morgan fingerprint density at radius 3 is 3.00 bits per heavy atom. The highest BCUT2D eigenvalue weighted by atomic mass is 19.1. The molecule has 1 aromatic rings. The molecule has 1 aromatic heterocycles. The van der Waals surface area contributed by atoms with Crippen molar-refractivity contribution in [1.82, 2.24) is 15.3 Å². The summed E-state index contributed by atoms with van der Waals surface area (Å²) in [4.78, 5) is 22.8. The Bertz CT molecular complexity index is 516. The van der Waals surface area contributed by atoms with Crippen molar-refractivity contribution in [3.63, 3.8) is 0 Å². The minimum atomic E-state index is -0.600. The summed E-state index contributed by atoms with van der Waals surface area (Å²) in [6.45, 7) is 1.48. The fourth-order valence-electron chi connectivity index (χ4n) is 3.08.